The van der Waals surface area contributed by atoms with Crippen molar-refractivity contribution >= 4 is 12.3 Å². The Morgan fingerprint density at radius 1 is 0.750 bits per heavy atom. The van der Waals surface area contributed by atoms with Crippen LogP contribution in [0.4, 0.5) is 0 Å². The van der Waals surface area contributed by atoms with Gasteiger partial charge in [0.2, 0.25) is 0 Å². The molecule has 0 radical (unpaired) electrons. The fraction of sp³-hybridized carbons (Fsp3) is 0.692. The molecule has 10 nitrogen and oxygen atoms in total. The molecule has 6 N–H and O–H groups in total. The van der Waals surface area contributed by atoms with Crippen molar-refractivity contribution < 1.29 is 44.6 Å². The molecule has 5 spiro atoms. The summed E-state index contributed by atoms with van der Waals surface area (Å²) in [7, 11) is 1.95. The van der Waals surface area contributed by atoms with Crippen molar-refractivity contribution in [2.45, 2.75) is 221 Å². The molecule has 25 atom stereocenters. The van der Waals surface area contributed by atoms with Gasteiger partial charge in [0, 0.05) is 64.0 Å². The van der Waals surface area contributed by atoms with E-state index < -0.39 is 73.4 Å². The molecule has 25 unspecified atom stereocenters. The van der Waals surface area contributed by atoms with Crippen molar-refractivity contribution in [2.24, 2.45) is 97.6 Å². The van der Waals surface area contributed by atoms with Crippen LogP contribution in [0, 0.1) is 109 Å². The molecule has 2 saturated heterocycles. The molecule has 12 fully saturated rings. The highest BCUT2D eigenvalue weighted by atomic mass is 16.5. The number of carbonyl (C=O) groups excluding carboxylic acids is 2. The van der Waals surface area contributed by atoms with Crippen LogP contribution in [-0.4, -0.2) is 92.1 Å². The van der Waals surface area contributed by atoms with E-state index in [0.717, 1.165) is 99.3 Å². The third kappa shape index (κ3) is 6.54. The van der Waals surface area contributed by atoms with Gasteiger partial charge >= 0.3 is 5.97 Å². The first-order valence-corrected chi connectivity index (χ1v) is 35.5. The lowest BCUT2D eigenvalue weighted by Crippen LogP contribution is -2.88. The summed E-state index contributed by atoms with van der Waals surface area (Å²) in [6.45, 7) is 2.05. The zero-order chi connectivity index (χ0) is 59.8. The second kappa shape index (κ2) is 19.0. The number of aldehydes is 1. The first-order valence-electron chi connectivity index (χ1n) is 35.5. The summed E-state index contributed by atoms with van der Waals surface area (Å²) in [4.78, 5) is 30.6. The number of aliphatic hydroxyl groups is 5. The molecule has 3 aromatic rings. The van der Waals surface area contributed by atoms with Crippen LogP contribution in [0.5, 0.6) is 0 Å². The molecule has 4 heterocycles. The van der Waals surface area contributed by atoms with E-state index in [1.165, 1.54) is 42.2 Å². The highest BCUT2D eigenvalue weighted by Gasteiger charge is 2.93. The van der Waals surface area contributed by atoms with Crippen molar-refractivity contribution in [3.8, 4) is 11.8 Å². The summed E-state index contributed by atoms with van der Waals surface area (Å²) in [6.07, 6.45) is 21.5. The molecule has 16 bridgehead atoms. The van der Waals surface area contributed by atoms with Gasteiger partial charge in [-0.05, 0) is 259 Å². The fourth-order valence-electron chi connectivity index (χ4n) is 29.0. The predicted molar refractivity (Wildman–Crippen MR) is 333 cm³/mol. The Labute approximate surface area is 521 Å². The SMILES string of the molecule is CNC1Cc2c(cccc2CO)C#CCCC23CCC4C(O)(CC5CC6CCC78CCC9(Cc%10cccc(c%10)CC%10CCC(C%10)C6C)OC7C6(CC4(C=O)C58O)C4CC5CC(c7ccccc7)CCC56CCC49)C2(O)CC2CC1C1OC(=O)C=C1C23CO. The summed E-state index contributed by atoms with van der Waals surface area (Å²) >= 11 is 0. The third-order valence-electron chi connectivity index (χ3n) is 32.0. The Hall–Kier alpha value is -4.18. The lowest BCUT2D eigenvalue weighted by molar-refractivity contribution is -0.437. The van der Waals surface area contributed by atoms with Gasteiger partial charge in [-0.2, -0.15) is 0 Å². The van der Waals surface area contributed by atoms with Gasteiger partial charge in [0.15, 0.2) is 0 Å². The van der Waals surface area contributed by atoms with Gasteiger partial charge in [-0.1, -0.05) is 85.5 Å². The van der Waals surface area contributed by atoms with Gasteiger partial charge in [-0.15, -0.1) is 0 Å². The Bertz CT molecular complexity index is 3500. The molecular formula is C78H95NO9. The molecule has 17 aliphatic rings. The van der Waals surface area contributed by atoms with Crippen LogP contribution in [0.1, 0.15) is 187 Å². The van der Waals surface area contributed by atoms with Crippen LogP contribution in [0.25, 0.3) is 0 Å². The maximum Gasteiger partial charge on any atom is 0.331 e. The quantitative estimate of drug-likeness (QED) is 0.0823. The smallest absolute Gasteiger partial charge is 0.331 e. The van der Waals surface area contributed by atoms with Crippen LogP contribution in [0.15, 0.2) is 84.4 Å². The maximum absolute atomic E-state index is 16.4. The number of hydrogen-bond donors (Lipinski definition) is 6. The van der Waals surface area contributed by atoms with Crippen molar-refractivity contribution in [3.05, 3.63) is 118 Å². The molecule has 3 aromatic carbocycles. The van der Waals surface area contributed by atoms with E-state index >= 15 is 20.1 Å². The Balaban J connectivity index is 0.858. The van der Waals surface area contributed by atoms with Gasteiger partial charge in [0.1, 0.15) is 18.0 Å². The van der Waals surface area contributed by atoms with E-state index in [4.69, 9.17) is 9.47 Å². The monoisotopic (exact) mass is 1190 g/mol. The van der Waals surface area contributed by atoms with Gasteiger partial charge in [0.05, 0.1) is 41.5 Å². The number of nitrogens with one attached hydrogen (secondary N) is 1. The Kier molecular flexibility index (Phi) is 12.2. The standard InChI is InChI=1S/C78H95NO9/c1-46-52-18-17-48(32-52)30-47-10-8-11-49(31-47)39-72-29-28-70-25-19-53(46)33-58-40-76(84)65(71(44-81,78(58,70)86)43-74(68(70)88-72)62-36-56-34-54(50-12-4-3-5-13-50)20-24-69(56,74)26-21-61(62)72)22-27-73-23-7-6-14-51-15-9-16-55(42-80)59(51)37-64(79-2)60-35-57(41-77(73,76)85)75(73,45-82)63-38-66(83)87-67(60)63/h3-5,8-13,15-16,31,38,44,46,48,52-54,56-58,60-62,64-65,67-68,79-80,82,84-86H,7,17-30,32-37,39-43,45H2,1-2H3. The van der Waals surface area contributed by atoms with Gasteiger partial charge < -0.3 is 45.1 Å². The van der Waals surface area contributed by atoms with Crippen molar-refractivity contribution in [2.75, 3.05) is 13.7 Å². The molecular weight excluding hydrogens is 1090 g/mol. The van der Waals surface area contributed by atoms with E-state index in [9.17, 15) is 15.0 Å². The summed E-state index contributed by atoms with van der Waals surface area (Å²) < 4.78 is 15.2. The molecule has 466 valence electrons. The lowest BCUT2D eigenvalue weighted by atomic mass is 9.25. The molecule has 10 saturated carbocycles. The first kappa shape index (κ1) is 56.6. The topological polar surface area (TPSA) is 166 Å². The second-order valence-electron chi connectivity index (χ2n) is 33.4. The van der Waals surface area contributed by atoms with Crippen molar-refractivity contribution in [1.82, 2.24) is 5.32 Å². The summed E-state index contributed by atoms with van der Waals surface area (Å²) in [6, 6.07) is 26.6. The van der Waals surface area contributed by atoms with E-state index in [1.54, 1.807) is 6.08 Å². The van der Waals surface area contributed by atoms with Crippen LogP contribution < -0.4 is 5.32 Å². The van der Waals surface area contributed by atoms with Crippen LogP contribution in [0.3, 0.4) is 0 Å². The third-order valence-corrected chi connectivity index (χ3v) is 32.0. The molecule has 0 amide bonds. The number of fused-ring (bicyclic) bond motifs is 7. The molecule has 0 aromatic heterocycles. The highest BCUT2D eigenvalue weighted by Crippen LogP contribution is 2.90. The molecule has 88 heavy (non-hydrogen) atoms. The predicted octanol–water partition coefficient (Wildman–Crippen LogP) is 11.1. The summed E-state index contributed by atoms with van der Waals surface area (Å²) in [5.74, 6) is 7.91. The number of esters is 1. The number of rotatable bonds is 5. The maximum atomic E-state index is 16.4. The number of ether oxygens (including phenoxy) is 2. The fourth-order valence-corrected chi connectivity index (χ4v) is 29.0. The Morgan fingerprint density at radius 3 is 2.40 bits per heavy atom. The largest absolute Gasteiger partial charge is 0.454 e. The minimum Gasteiger partial charge on any atom is -0.454 e. The van der Waals surface area contributed by atoms with Gasteiger partial charge in [-0.3, -0.25) is 0 Å². The van der Waals surface area contributed by atoms with Crippen molar-refractivity contribution in [3.63, 3.8) is 0 Å². The van der Waals surface area contributed by atoms with Gasteiger partial charge in [0.25, 0.3) is 0 Å². The van der Waals surface area contributed by atoms with Crippen LogP contribution in [0.2, 0.25) is 0 Å². The van der Waals surface area contributed by atoms with E-state index in [-0.39, 0.29) is 73.2 Å². The van der Waals surface area contributed by atoms with Crippen molar-refractivity contribution in [1.29, 1.82) is 0 Å². The average molecular weight is 1190 g/mol. The molecule has 4 aliphatic heterocycles. The minimum absolute atomic E-state index is 0.129. The summed E-state index contributed by atoms with van der Waals surface area (Å²) in [5.41, 5.74) is -3.18. The van der Waals surface area contributed by atoms with Crippen LogP contribution >= 0.6 is 0 Å². The zero-order valence-electron chi connectivity index (χ0n) is 52.2. The second-order valence-corrected chi connectivity index (χ2v) is 33.4. The van der Waals surface area contributed by atoms with E-state index in [1.807, 2.05) is 25.2 Å². The van der Waals surface area contributed by atoms with E-state index in [0.29, 0.717) is 81.0 Å². The van der Waals surface area contributed by atoms with Gasteiger partial charge in [-0.25, -0.2) is 4.79 Å². The number of hydrogen-bond acceptors (Lipinski definition) is 10. The summed E-state index contributed by atoms with van der Waals surface area (Å²) in [5, 5.41) is 74.2. The number of carbonyl (C=O) groups is 2. The molecule has 10 heteroatoms. The first-order chi connectivity index (χ1) is 42.6. The molecule has 13 aliphatic carbocycles. The number of benzene rings is 3. The molecule has 20 rings (SSSR count). The highest BCUT2D eigenvalue weighted by molar-refractivity contribution is 5.87. The Morgan fingerprint density at radius 2 is 1.57 bits per heavy atom. The average Bonchev–Trinajstić information content (AvgIpc) is 1.18. The number of aliphatic hydroxyl groups excluding tert-OH is 2. The normalized spacial score (nSPS) is 51.8. The zero-order valence-corrected chi connectivity index (χ0v) is 52.2. The lowest BCUT2D eigenvalue weighted by Gasteiger charge is -2.83. The van der Waals surface area contributed by atoms with Crippen LogP contribution in [-0.2, 0) is 44.9 Å². The van der Waals surface area contributed by atoms with E-state index in [2.05, 4.69) is 78.7 Å². The number of likely N-dealkylation sites (N-methyl/N-ethyl adjacent to an activating group) is 1. The minimum atomic E-state index is -1.87.